The molecule has 6 nitrogen and oxygen atoms in total. The van der Waals surface area contributed by atoms with Crippen molar-refractivity contribution in [3.63, 3.8) is 0 Å². The SMILES string of the molecule is Cc1ccc([C@]2(C)NC(=O)N(CC(=O)O)C2=O)cc1. The minimum Gasteiger partial charge on any atom is -0.480 e. The normalized spacial score (nSPS) is 22.5. The summed E-state index contributed by atoms with van der Waals surface area (Å²) in [4.78, 5) is 35.3. The molecule has 6 heteroatoms. The maximum absolute atomic E-state index is 12.2. The van der Waals surface area contributed by atoms with Crippen LogP contribution in [0, 0.1) is 6.92 Å². The van der Waals surface area contributed by atoms with E-state index in [4.69, 9.17) is 5.11 Å². The van der Waals surface area contributed by atoms with Crippen molar-refractivity contribution in [3.8, 4) is 0 Å². The Labute approximate surface area is 110 Å². The van der Waals surface area contributed by atoms with Gasteiger partial charge in [0.15, 0.2) is 0 Å². The third kappa shape index (κ3) is 2.16. The summed E-state index contributed by atoms with van der Waals surface area (Å²) in [5.74, 6) is -1.78. The first-order chi connectivity index (χ1) is 8.84. The van der Waals surface area contributed by atoms with E-state index in [1.165, 1.54) is 0 Å². The number of amides is 3. The lowest BCUT2D eigenvalue weighted by Gasteiger charge is -2.22. The summed E-state index contributed by atoms with van der Waals surface area (Å²) in [7, 11) is 0. The second kappa shape index (κ2) is 4.38. The van der Waals surface area contributed by atoms with E-state index in [2.05, 4.69) is 5.32 Å². The van der Waals surface area contributed by atoms with Crippen molar-refractivity contribution in [2.75, 3.05) is 6.54 Å². The standard InChI is InChI=1S/C13H14N2O4/c1-8-3-5-9(6-4-8)13(2)11(18)15(7-10(16)17)12(19)14-13/h3-6H,7H2,1-2H3,(H,14,19)(H,16,17)/t13-/m0/s1. The molecule has 0 aliphatic carbocycles. The molecule has 19 heavy (non-hydrogen) atoms. The maximum Gasteiger partial charge on any atom is 0.325 e. The summed E-state index contributed by atoms with van der Waals surface area (Å²) < 4.78 is 0. The highest BCUT2D eigenvalue weighted by Gasteiger charge is 2.49. The predicted octanol–water partition coefficient (Wildman–Crippen LogP) is 0.847. The zero-order valence-electron chi connectivity index (χ0n) is 10.6. The quantitative estimate of drug-likeness (QED) is 0.790. The van der Waals surface area contributed by atoms with E-state index in [1.807, 2.05) is 19.1 Å². The van der Waals surface area contributed by atoms with Gasteiger partial charge in [-0.2, -0.15) is 0 Å². The monoisotopic (exact) mass is 262 g/mol. The van der Waals surface area contributed by atoms with Crippen molar-refractivity contribution < 1.29 is 19.5 Å². The van der Waals surface area contributed by atoms with Crippen molar-refractivity contribution in [2.45, 2.75) is 19.4 Å². The van der Waals surface area contributed by atoms with Gasteiger partial charge in [0.25, 0.3) is 5.91 Å². The highest BCUT2D eigenvalue weighted by molar-refractivity contribution is 6.08. The van der Waals surface area contributed by atoms with E-state index >= 15 is 0 Å². The molecule has 0 saturated carbocycles. The van der Waals surface area contributed by atoms with Crippen molar-refractivity contribution in [1.29, 1.82) is 0 Å². The summed E-state index contributed by atoms with van der Waals surface area (Å²) in [5, 5.41) is 11.3. The van der Waals surface area contributed by atoms with Gasteiger partial charge in [0.2, 0.25) is 0 Å². The number of aliphatic carboxylic acids is 1. The van der Waals surface area contributed by atoms with Crippen LogP contribution in [0.3, 0.4) is 0 Å². The number of aryl methyl sites for hydroxylation is 1. The van der Waals surface area contributed by atoms with Gasteiger partial charge in [-0.15, -0.1) is 0 Å². The molecule has 2 N–H and O–H groups in total. The van der Waals surface area contributed by atoms with E-state index in [-0.39, 0.29) is 0 Å². The average Bonchev–Trinajstić information content (AvgIpc) is 2.54. The van der Waals surface area contributed by atoms with Gasteiger partial charge in [0, 0.05) is 0 Å². The fraction of sp³-hybridized carbons (Fsp3) is 0.308. The van der Waals surface area contributed by atoms with Crippen LogP contribution < -0.4 is 5.32 Å². The van der Waals surface area contributed by atoms with Gasteiger partial charge in [-0.05, 0) is 19.4 Å². The molecule has 1 heterocycles. The Morgan fingerprint density at radius 1 is 1.32 bits per heavy atom. The van der Waals surface area contributed by atoms with Crippen LogP contribution in [0.2, 0.25) is 0 Å². The molecule has 3 amide bonds. The molecule has 0 radical (unpaired) electrons. The summed E-state index contributed by atoms with van der Waals surface area (Å²) in [5.41, 5.74) is 0.455. The number of imide groups is 1. The minimum atomic E-state index is -1.23. The van der Waals surface area contributed by atoms with Crippen molar-refractivity contribution in [2.24, 2.45) is 0 Å². The second-order valence-corrected chi connectivity index (χ2v) is 4.71. The molecule has 2 rings (SSSR count). The number of carbonyl (C=O) groups excluding carboxylic acids is 2. The fourth-order valence-electron chi connectivity index (χ4n) is 2.06. The van der Waals surface area contributed by atoms with Gasteiger partial charge in [-0.3, -0.25) is 14.5 Å². The molecular formula is C13H14N2O4. The molecule has 1 aromatic carbocycles. The van der Waals surface area contributed by atoms with Crippen LogP contribution in [0.5, 0.6) is 0 Å². The number of hydrogen-bond acceptors (Lipinski definition) is 3. The molecule has 0 aromatic heterocycles. The van der Waals surface area contributed by atoms with Crippen LogP contribution in [0.4, 0.5) is 4.79 Å². The molecule has 0 spiro atoms. The number of rotatable bonds is 3. The molecule has 1 atom stereocenters. The summed E-state index contributed by atoms with van der Waals surface area (Å²) in [6, 6.07) is 6.48. The van der Waals surface area contributed by atoms with Gasteiger partial charge in [0.05, 0.1) is 0 Å². The lowest BCUT2D eigenvalue weighted by atomic mass is 9.91. The van der Waals surface area contributed by atoms with Crippen LogP contribution in [-0.2, 0) is 15.1 Å². The lowest BCUT2D eigenvalue weighted by Crippen LogP contribution is -2.41. The van der Waals surface area contributed by atoms with Crippen LogP contribution >= 0.6 is 0 Å². The van der Waals surface area contributed by atoms with Gasteiger partial charge in [0.1, 0.15) is 12.1 Å². The Balaban J connectivity index is 2.35. The third-order valence-electron chi connectivity index (χ3n) is 3.20. The summed E-state index contributed by atoms with van der Waals surface area (Å²) in [6.45, 7) is 2.85. The van der Waals surface area contributed by atoms with Crippen LogP contribution in [-0.4, -0.2) is 34.5 Å². The van der Waals surface area contributed by atoms with Gasteiger partial charge in [-0.1, -0.05) is 29.8 Å². The zero-order chi connectivity index (χ0) is 14.2. The van der Waals surface area contributed by atoms with Crippen LogP contribution in [0.25, 0.3) is 0 Å². The molecule has 1 aromatic rings. The topological polar surface area (TPSA) is 86.7 Å². The van der Waals surface area contributed by atoms with Gasteiger partial charge >= 0.3 is 12.0 Å². The zero-order valence-corrected chi connectivity index (χ0v) is 10.6. The maximum atomic E-state index is 12.2. The Hall–Kier alpha value is -2.37. The first-order valence-corrected chi connectivity index (χ1v) is 5.77. The molecular weight excluding hydrogens is 248 g/mol. The molecule has 0 unspecified atom stereocenters. The van der Waals surface area contributed by atoms with E-state index in [9.17, 15) is 14.4 Å². The molecule has 1 saturated heterocycles. The smallest absolute Gasteiger partial charge is 0.325 e. The Bertz CT molecular complexity index is 552. The first kappa shape index (κ1) is 13.1. The predicted molar refractivity (Wildman–Crippen MR) is 66.4 cm³/mol. The number of carbonyl (C=O) groups is 3. The number of nitrogens with zero attached hydrogens (tertiary/aromatic N) is 1. The van der Waals surface area contributed by atoms with Crippen LogP contribution in [0.1, 0.15) is 18.1 Å². The lowest BCUT2D eigenvalue weighted by molar-refractivity contribution is -0.142. The average molecular weight is 262 g/mol. The number of nitrogens with one attached hydrogen (secondary N) is 1. The third-order valence-corrected chi connectivity index (χ3v) is 3.20. The highest BCUT2D eigenvalue weighted by atomic mass is 16.4. The van der Waals surface area contributed by atoms with E-state index < -0.39 is 30.0 Å². The second-order valence-electron chi connectivity index (χ2n) is 4.71. The highest BCUT2D eigenvalue weighted by Crippen LogP contribution is 2.28. The van der Waals surface area contributed by atoms with Crippen molar-refractivity contribution in [3.05, 3.63) is 35.4 Å². The molecule has 1 fully saturated rings. The number of benzene rings is 1. The molecule has 100 valence electrons. The Morgan fingerprint density at radius 2 is 1.89 bits per heavy atom. The Morgan fingerprint density at radius 3 is 2.42 bits per heavy atom. The first-order valence-electron chi connectivity index (χ1n) is 5.77. The van der Waals surface area contributed by atoms with E-state index in [1.54, 1.807) is 19.1 Å². The minimum absolute atomic E-state index is 0.552. The van der Waals surface area contributed by atoms with Crippen LogP contribution in [0.15, 0.2) is 24.3 Å². The Kier molecular flexibility index (Phi) is 3.01. The number of hydrogen-bond donors (Lipinski definition) is 2. The summed E-state index contributed by atoms with van der Waals surface area (Å²) in [6.07, 6.45) is 0. The fourth-order valence-corrected chi connectivity index (χ4v) is 2.06. The van der Waals surface area contributed by atoms with Crippen molar-refractivity contribution >= 4 is 17.9 Å². The molecule has 1 aliphatic heterocycles. The van der Waals surface area contributed by atoms with E-state index in [0.717, 1.165) is 5.56 Å². The number of carboxylic acids is 1. The largest absolute Gasteiger partial charge is 0.480 e. The van der Waals surface area contributed by atoms with Crippen molar-refractivity contribution in [1.82, 2.24) is 10.2 Å². The number of urea groups is 1. The summed E-state index contributed by atoms with van der Waals surface area (Å²) >= 11 is 0. The van der Waals surface area contributed by atoms with Gasteiger partial charge in [-0.25, -0.2) is 4.79 Å². The molecule has 0 bridgehead atoms. The van der Waals surface area contributed by atoms with Gasteiger partial charge < -0.3 is 10.4 Å². The number of carboxylic acid groups (broad SMARTS) is 1. The van der Waals surface area contributed by atoms with E-state index in [0.29, 0.717) is 10.5 Å². The molecule has 1 aliphatic rings.